The van der Waals surface area contributed by atoms with Crippen molar-refractivity contribution in [2.75, 3.05) is 20.3 Å². The molecule has 0 radical (unpaired) electrons. The second-order valence-corrected chi connectivity index (χ2v) is 8.64. The summed E-state index contributed by atoms with van der Waals surface area (Å²) in [4.78, 5) is 37.7. The number of aliphatic hydroxyl groups is 1. The normalized spacial score (nSPS) is 16.7. The maximum absolute atomic E-state index is 13.0. The zero-order valence-corrected chi connectivity index (χ0v) is 20.4. The van der Waals surface area contributed by atoms with E-state index in [1.165, 1.54) is 36.3 Å². The van der Waals surface area contributed by atoms with E-state index in [0.717, 1.165) is 11.1 Å². The number of methoxy groups -OCH3 is 1. The topological polar surface area (TPSA) is 119 Å². The molecule has 190 valence electrons. The van der Waals surface area contributed by atoms with E-state index in [2.05, 4.69) is 0 Å². The minimum Gasteiger partial charge on any atom is -0.507 e. The van der Waals surface area contributed by atoms with Crippen molar-refractivity contribution in [3.63, 3.8) is 0 Å². The molecule has 9 heteroatoms. The number of aliphatic hydroxyl groups excluding tert-OH is 1. The van der Waals surface area contributed by atoms with Crippen LogP contribution < -0.4 is 4.74 Å². The van der Waals surface area contributed by atoms with Gasteiger partial charge in [-0.1, -0.05) is 29.8 Å². The van der Waals surface area contributed by atoms with Crippen LogP contribution in [0.5, 0.6) is 5.75 Å². The Bertz CT molecular complexity index is 1350. The highest BCUT2D eigenvalue weighted by molar-refractivity contribution is 6.46. The number of hydrogen-bond acceptors (Lipinski definition) is 7. The molecule has 0 aliphatic carbocycles. The summed E-state index contributed by atoms with van der Waals surface area (Å²) < 4.78 is 10.9. The minimum absolute atomic E-state index is 0.0941. The highest BCUT2D eigenvalue weighted by Crippen LogP contribution is 2.39. The van der Waals surface area contributed by atoms with Gasteiger partial charge in [0.2, 0.25) is 0 Å². The van der Waals surface area contributed by atoms with Crippen LogP contribution in [0.2, 0.25) is 0 Å². The standard InChI is InChI=1S/C28H26N2O7/c1-18-4-3-5-19(16-18)17-37-23-12-8-21(9-13-23)26(31)24-25(20-6-10-22(11-7-20)30(34)35)29(14-15-36-2)28(33)27(24)32/h3-13,16,25,31H,14-15,17H2,1-2H3/b26-24-. The van der Waals surface area contributed by atoms with Gasteiger partial charge in [-0.15, -0.1) is 0 Å². The predicted octanol–water partition coefficient (Wildman–Crippen LogP) is 4.55. The van der Waals surface area contributed by atoms with Gasteiger partial charge >= 0.3 is 0 Å². The van der Waals surface area contributed by atoms with Gasteiger partial charge in [-0.3, -0.25) is 19.7 Å². The number of Topliss-reactive ketones (excluding diaryl/α,β-unsaturated/α-hetero) is 1. The van der Waals surface area contributed by atoms with Gasteiger partial charge in [-0.25, -0.2) is 0 Å². The maximum Gasteiger partial charge on any atom is 0.295 e. The second kappa shape index (κ2) is 11.0. The molecule has 1 atom stereocenters. The van der Waals surface area contributed by atoms with Crippen molar-refractivity contribution in [3.05, 3.63) is 111 Å². The van der Waals surface area contributed by atoms with Crippen molar-refractivity contribution in [2.24, 2.45) is 0 Å². The number of likely N-dealkylation sites (tertiary alicyclic amines) is 1. The lowest BCUT2D eigenvalue weighted by molar-refractivity contribution is -0.384. The number of nitro groups is 1. The number of rotatable bonds is 9. The average Bonchev–Trinajstić information content (AvgIpc) is 3.15. The minimum atomic E-state index is -0.923. The second-order valence-electron chi connectivity index (χ2n) is 8.64. The first-order valence-corrected chi connectivity index (χ1v) is 11.6. The summed E-state index contributed by atoms with van der Waals surface area (Å²) in [5.41, 5.74) is 2.72. The van der Waals surface area contributed by atoms with E-state index in [9.17, 15) is 24.8 Å². The maximum atomic E-state index is 13.0. The highest BCUT2D eigenvalue weighted by atomic mass is 16.6. The third-order valence-corrected chi connectivity index (χ3v) is 6.11. The van der Waals surface area contributed by atoms with E-state index >= 15 is 0 Å². The fraction of sp³-hybridized carbons (Fsp3) is 0.214. The number of nitro benzene ring substituents is 1. The Morgan fingerprint density at radius 2 is 1.76 bits per heavy atom. The molecule has 1 fully saturated rings. The van der Waals surface area contributed by atoms with Crippen molar-refractivity contribution in [2.45, 2.75) is 19.6 Å². The van der Waals surface area contributed by atoms with Crippen molar-refractivity contribution in [1.82, 2.24) is 4.90 Å². The number of amides is 1. The molecule has 1 amide bonds. The van der Waals surface area contributed by atoms with E-state index in [4.69, 9.17) is 9.47 Å². The third kappa shape index (κ3) is 5.52. The average molecular weight is 503 g/mol. The number of benzene rings is 3. The zero-order chi connectivity index (χ0) is 26.5. The molecule has 1 N–H and O–H groups in total. The van der Waals surface area contributed by atoms with Crippen molar-refractivity contribution in [1.29, 1.82) is 0 Å². The first kappa shape index (κ1) is 25.6. The van der Waals surface area contributed by atoms with Crippen molar-refractivity contribution in [3.8, 4) is 5.75 Å². The molecule has 0 spiro atoms. The summed E-state index contributed by atoms with van der Waals surface area (Å²) in [7, 11) is 1.47. The Morgan fingerprint density at radius 3 is 2.38 bits per heavy atom. The Kier molecular flexibility index (Phi) is 7.64. The molecule has 0 saturated carbocycles. The van der Waals surface area contributed by atoms with Gasteiger partial charge in [0.1, 0.15) is 18.1 Å². The molecular formula is C28H26N2O7. The van der Waals surface area contributed by atoms with Gasteiger partial charge in [-0.2, -0.15) is 0 Å². The number of aryl methyl sites for hydroxylation is 1. The fourth-order valence-corrected chi connectivity index (χ4v) is 4.26. The molecule has 1 unspecified atom stereocenters. The molecule has 1 aliphatic rings. The number of carbonyl (C=O) groups excluding carboxylic acids is 2. The smallest absolute Gasteiger partial charge is 0.295 e. The number of carbonyl (C=O) groups is 2. The lowest BCUT2D eigenvalue weighted by Crippen LogP contribution is -2.32. The van der Waals surface area contributed by atoms with Crippen LogP contribution in [0.15, 0.2) is 78.4 Å². The summed E-state index contributed by atoms with van der Waals surface area (Å²) in [5.74, 6) is -1.38. The Balaban J connectivity index is 1.65. The summed E-state index contributed by atoms with van der Waals surface area (Å²) in [5, 5.41) is 22.2. The number of ketones is 1. The molecule has 1 saturated heterocycles. The Morgan fingerprint density at radius 1 is 1.05 bits per heavy atom. The SMILES string of the molecule is COCCN1C(=O)C(=O)/C(=C(\O)c2ccc(OCc3cccc(C)c3)cc2)C1c1ccc([N+](=O)[O-])cc1. The van der Waals surface area contributed by atoms with E-state index in [1.807, 2.05) is 31.2 Å². The van der Waals surface area contributed by atoms with Gasteiger partial charge in [-0.05, 0) is 54.4 Å². The molecule has 1 heterocycles. The van der Waals surface area contributed by atoms with E-state index in [1.54, 1.807) is 24.3 Å². The van der Waals surface area contributed by atoms with Gasteiger partial charge in [0, 0.05) is 31.4 Å². The van der Waals surface area contributed by atoms with Crippen LogP contribution in [-0.2, 0) is 20.9 Å². The first-order valence-electron chi connectivity index (χ1n) is 11.6. The summed E-state index contributed by atoms with van der Waals surface area (Å²) in [6.07, 6.45) is 0. The van der Waals surface area contributed by atoms with Gasteiger partial charge in [0.25, 0.3) is 17.4 Å². The Hall–Kier alpha value is -4.50. The van der Waals surface area contributed by atoms with Crippen LogP contribution in [-0.4, -0.2) is 46.9 Å². The Labute approximate surface area is 213 Å². The molecule has 0 bridgehead atoms. The van der Waals surface area contributed by atoms with Crippen LogP contribution in [0.1, 0.15) is 28.3 Å². The van der Waals surface area contributed by atoms with Crippen molar-refractivity contribution >= 4 is 23.1 Å². The molecule has 3 aromatic rings. The van der Waals surface area contributed by atoms with Crippen molar-refractivity contribution < 1.29 is 29.1 Å². The van der Waals surface area contributed by atoms with Crippen LogP contribution >= 0.6 is 0 Å². The molecule has 9 nitrogen and oxygen atoms in total. The molecular weight excluding hydrogens is 476 g/mol. The van der Waals surface area contributed by atoms with Crippen LogP contribution in [0, 0.1) is 17.0 Å². The quantitative estimate of drug-likeness (QED) is 0.150. The summed E-state index contributed by atoms with van der Waals surface area (Å²) in [6, 6.07) is 19.1. The molecule has 37 heavy (non-hydrogen) atoms. The number of hydrogen-bond donors (Lipinski definition) is 1. The number of non-ortho nitro benzene ring substituents is 1. The lowest BCUT2D eigenvalue weighted by atomic mass is 9.95. The number of ether oxygens (including phenoxy) is 2. The predicted molar refractivity (Wildman–Crippen MR) is 136 cm³/mol. The number of nitrogens with zero attached hydrogens (tertiary/aromatic N) is 2. The van der Waals surface area contributed by atoms with Gasteiger partial charge in [0.15, 0.2) is 0 Å². The first-order chi connectivity index (χ1) is 17.8. The summed E-state index contributed by atoms with van der Waals surface area (Å²) in [6.45, 7) is 2.65. The molecule has 1 aliphatic heterocycles. The van der Waals surface area contributed by atoms with E-state index < -0.39 is 22.7 Å². The highest BCUT2D eigenvalue weighted by Gasteiger charge is 2.45. The van der Waals surface area contributed by atoms with E-state index in [-0.39, 0.29) is 30.2 Å². The monoisotopic (exact) mass is 502 g/mol. The summed E-state index contributed by atoms with van der Waals surface area (Å²) >= 11 is 0. The zero-order valence-electron chi connectivity index (χ0n) is 20.4. The third-order valence-electron chi connectivity index (χ3n) is 6.11. The molecule has 0 aromatic heterocycles. The molecule has 4 rings (SSSR count). The van der Waals surface area contributed by atoms with Crippen LogP contribution in [0.3, 0.4) is 0 Å². The fourth-order valence-electron chi connectivity index (χ4n) is 4.26. The van der Waals surface area contributed by atoms with Crippen LogP contribution in [0.25, 0.3) is 5.76 Å². The van der Waals surface area contributed by atoms with Gasteiger partial charge in [0.05, 0.1) is 23.1 Å². The lowest BCUT2D eigenvalue weighted by Gasteiger charge is -2.25. The van der Waals surface area contributed by atoms with Crippen LogP contribution in [0.4, 0.5) is 5.69 Å². The largest absolute Gasteiger partial charge is 0.507 e. The van der Waals surface area contributed by atoms with E-state index in [0.29, 0.717) is 23.5 Å². The molecule has 3 aromatic carbocycles. The van der Waals surface area contributed by atoms with Gasteiger partial charge < -0.3 is 19.5 Å².